The van der Waals surface area contributed by atoms with Gasteiger partial charge >= 0.3 is 0 Å². The lowest BCUT2D eigenvalue weighted by Gasteiger charge is -2.13. The molecule has 0 aliphatic rings. The van der Waals surface area contributed by atoms with Gasteiger partial charge in [-0.15, -0.1) is 0 Å². The molecule has 0 atom stereocenters. The Morgan fingerprint density at radius 2 is 1.83 bits per heavy atom. The van der Waals surface area contributed by atoms with Crippen LogP contribution in [0.15, 0.2) is 59.8 Å². The fourth-order valence-corrected chi connectivity index (χ4v) is 4.69. The number of aromatic nitrogens is 3. The number of benzene rings is 1. The van der Waals surface area contributed by atoms with Crippen LogP contribution in [0, 0.1) is 12.7 Å². The van der Waals surface area contributed by atoms with Gasteiger partial charge in [0.1, 0.15) is 0 Å². The summed E-state index contributed by atoms with van der Waals surface area (Å²) in [5, 5.41) is 0.686. The zero-order valence-corrected chi connectivity index (χ0v) is 17.0. The maximum Gasteiger partial charge on any atom is 0.269 e. The van der Waals surface area contributed by atoms with E-state index in [1.165, 1.54) is 37.6 Å². The van der Waals surface area contributed by atoms with Crippen molar-refractivity contribution in [1.29, 1.82) is 0 Å². The minimum atomic E-state index is -4.10. The van der Waals surface area contributed by atoms with Crippen molar-refractivity contribution >= 4 is 32.7 Å². The van der Waals surface area contributed by atoms with Gasteiger partial charge in [0.05, 0.1) is 28.9 Å². The van der Waals surface area contributed by atoms with Crippen LogP contribution in [0.3, 0.4) is 0 Å². The number of rotatable bonds is 4. The van der Waals surface area contributed by atoms with Crippen LogP contribution in [-0.4, -0.2) is 29.5 Å². The highest BCUT2D eigenvalue weighted by Gasteiger charge is 2.27. The lowest BCUT2D eigenvalue weighted by molar-refractivity contribution is 0.396. The quantitative estimate of drug-likeness (QED) is 0.477. The van der Waals surface area contributed by atoms with Crippen LogP contribution in [0.25, 0.3) is 22.3 Å². The van der Waals surface area contributed by atoms with Crippen LogP contribution in [0.1, 0.15) is 5.56 Å². The van der Waals surface area contributed by atoms with Crippen molar-refractivity contribution in [3.8, 4) is 17.1 Å². The van der Waals surface area contributed by atoms with Crippen LogP contribution >= 0.6 is 11.6 Å². The number of methoxy groups -OCH3 is 1. The van der Waals surface area contributed by atoms with Gasteiger partial charge < -0.3 is 4.74 Å². The van der Waals surface area contributed by atoms with Gasteiger partial charge in [-0.05, 0) is 31.2 Å². The number of halogens is 2. The van der Waals surface area contributed by atoms with Crippen LogP contribution in [-0.2, 0) is 10.0 Å². The lowest BCUT2D eigenvalue weighted by atomic mass is 10.2. The molecule has 29 heavy (non-hydrogen) atoms. The second-order valence-electron chi connectivity index (χ2n) is 6.35. The monoisotopic (exact) mass is 431 g/mol. The molecule has 148 valence electrons. The molecule has 9 heteroatoms. The lowest BCUT2D eigenvalue weighted by Crippen LogP contribution is -2.15. The van der Waals surface area contributed by atoms with Gasteiger partial charge in [-0.25, -0.2) is 26.7 Å². The molecular formula is C20H15ClFN3O3S. The van der Waals surface area contributed by atoms with E-state index >= 15 is 0 Å². The third kappa shape index (κ3) is 3.24. The molecular weight excluding hydrogens is 417 g/mol. The molecule has 0 N–H and O–H groups in total. The highest BCUT2D eigenvalue weighted by Crippen LogP contribution is 2.36. The minimum Gasteiger partial charge on any atom is -0.481 e. The van der Waals surface area contributed by atoms with E-state index in [2.05, 4.69) is 9.97 Å². The van der Waals surface area contributed by atoms with Crippen molar-refractivity contribution in [2.45, 2.75) is 11.8 Å². The molecule has 0 unspecified atom stereocenters. The SMILES string of the molecule is COc1cc(-c2cc3c(Cl)ccnc3n2S(=O)(=O)c2ccc(C)cc2)c(F)cn1. The maximum atomic E-state index is 14.7. The maximum absolute atomic E-state index is 14.7. The van der Waals surface area contributed by atoms with Crippen LogP contribution in [0.5, 0.6) is 5.88 Å². The van der Waals surface area contributed by atoms with Crippen molar-refractivity contribution in [1.82, 2.24) is 13.9 Å². The summed E-state index contributed by atoms with van der Waals surface area (Å²) in [6.45, 7) is 1.85. The van der Waals surface area contributed by atoms with Gasteiger partial charge in [-0.3, -0.25) is 0 Å². The second kappa shape index (κ2) is 7.13. The average Bonchev–Trinajstić information content (AvgIpc) is 3.10. The molecule has 0 aliphatic carbocycles. The van der Waals surface area contributed by atoms with Crippen LogP contribution < -0.4 is 4.74 Å². The second-order valence-corrected chi connectivity index (χ2v) is 8.54. The molecule has 0 saturated carbocycles. The Labute approximate surface area is 171 Å². The zero-order chi connectivity index (χ0) is 20.8. The van der Waals surface area contributed by atoms with Gasteiger partial charge in [0, 0.05) is 23.2 Å². The summed E-state index contributed by atoms with van der Waals surface area (Å²) in [6.07, 6.45) is 2.38. The summed E-state index contributed by atoms with van der Waals surface area (Å²) < 4.78 is 47.7. The Balaban J connectivity index is 2.09. The predicted octanol–water partition coefficient (Wildman–Crippen LogP) is 4.44. The summed E-state index contributed by atoms with van der Waals surface area (Å²) in [5.74, 6) is -0.560. The Morgan fingerprint density at radius 3 is 2.52 bits per heavy atom. The summed E-state index contributed by atoms with van der Waals surface area (Å²) in [5.41, 5.74) is 1.08. The van der Waals surface area contributed by atoms with E-state index < -0.39 is 15.8 Å². The standard InChI is InChI=1S/C20H15ClFN3O3S/c1-12-3-5-13(6-4-12)29(26,27)25-18(9-14-16(21)7-8-23-20(14)25)15-10-19(28-2)24-11-17(15)22/h3-11H,1-2H3. The van der Waals surface area contributed by atoms with Crippen LogP contribution in [0.4, 0.5) is 4.39 Å². The number of aryl methyl sites for hydroxylation is 1. The number of pyridine rings is 2. The Morgan fingerprint density at radius 1 is 1.10 bits per heavy atom. The summed E-state index contributed by atoms with van der Waals surface area (Å²) >= 11 is 6.27. The summed E-state index contributed by atoms with van der Waals surface area (Å²) in [4.78, 5) is 8.06. The van der Waals surface area contributed by atoms with Crippen molar-refractivity contribution in [3.63, 3.8) is 0 Å². The topological polar surface area (TPSA) is 74.1 Å². The van der Waals surface area contributed by atoms with Crippen LogP contribution in [0.2, 0.25) is 5.02 Å². The summed E-state index contributed by atoms with van der Waals surface area (Å²) in [6, 6.07) is 10.7. The van der Waals surface area contributed by atoms with Crippen molar-refractivity contribution < 1.29 is 17.5 Å². The molecule has 6 nitrogen and oxygen atoms in total. The van der Waals surface area contributed by atoms with Crippen molar-refractivity contribution in [2.75, 3.05) is 7.11 Å². The average molecular weight is 432 g/mol. The van der Waals surface area contributed by atoms with E-state index in [1.807, 2.05) is 6.92 Å². The molecule has 0 spiro atoms. The highest BCUT2D eigenvalue weighted by molar-refractivity contribution is 7.90. The number of ether oxygens (including phenoxy) is 1. The molecule has 0 bridgehead atoms. The van der Waals surface area contributed by atoms with E-state index in [1.54, 1.807) is 18.2 Å². The van der Waals surface area contributed by atoms with Gasteiger partial charge in [-0.2, -0.15) is 0 Å². The normalized spacial score (nSPS) is 11.7. The number of hydrogen-bond donors (Lipinski definition) is 0. The zero-order valence-electron chi connectivity index (χ0n) is 15.4. The molecule has 0 radical (unpaired) electrons. The van der Waals surface area contributed by atoms with Gasteiger partial charge in [0.15, 0.2) is 11.5 Å². The Kier molecular flexibility index (Phi) is 4.76. The third-order valence-corrected chi connectivity index (χ3v) is 6.53. The number of nitrogens with zero attached hydrogens (tertiary/aromatic N) is 3. The van der Waals surface area contributed by atoms with Gasteiger partial charge in [0.25, 0.3) is 10.0 Å². The molecule has 3 heterocycles. The van der Waals surface area contributed by atoms with E-state index in [0.29, 0.717) is 10.4 Å². The number of hydrogen-bond acceptors (Lipinski definition) is 5. The van der Waals surface area contributed by atoms with Gasteiger partial charge in [0.2, 0.25) is 5.88 Å². The molecule has 4 rings (SSSR count). The van der Waals surface area contributed by atoms with E-state index in [-0.39, 0.29) is 27.7 Å². The predicted molar refractivity (Wildman–Crippen MR) is 108 cm³/mol. The fraction of sp³-hybridized carbons (Fsp3) is 0.100. The molecule has 3 aromatic heterocycles. The van der Waals surface area contributed by atoms with Crippen molar-refractivity contribution in [2.24, 2.45) is 0 Å². The molecule has 1 aromatic carbocycles. The molecule has 0 fully saturated rings. The molecule has 4 aromatic rings. The first-order valence-electron chi connectivity index (χ1n) is 8.51. The first-order valence-corrected chi connectivity index (χ1v) is 10.3. The highest BCUT2D eigenvalue weighted by atomic mass is 35.5. The van der Waals surface area contributed by atoms with Crippen molar-refractivity contribution in [3.05, 3.63) is 71.3 Å². The van der Waals surface area contributed by atoms with E-state index in [4.69, 9.17) is 16.3 Å². The van der Waals surface area contributed by atoms with Gasteiger partial charge in [-0.1, -0.05) is 29.3 Å². The summed E-state index contributed by atoms with van der Waals surface area (Å²) in [7, 11) is -2.71. The third-order valence-electron chi connectivity index (χ3n) is 4.48. The minimum absolute atomic E-state index is 0.00148. The fourth-order valence-electron chi connectivity index (χ4n) is 3.02. The molecule has 0 saturated heterocycles. The molecule has 0 amide bonds. The smallest absolute Gasteiger partial charge is 0.269 e. The Hall–Kier alpha value is -2.97. The first kappa shape index (κ1) is 19.4. The number of fused-ring (bicyclic) bond motifs is 1. The Bertz CT molecular complexity index is 1340. The van der Waals surface area contributed by atoms with E-state index in [0.717, 1.165) is 15.7 Å². The van der Waals surface area contributed by atoms with E-state index in [9.17, 15) is 12.8 Å². The first-order chi connectivity index (χ1) is 13.8. The molecule has 0 aliphatic heterocycles. The largest absolute Gasteiger partial charge is 0.481 e.